The van der Waals surface area contributed by atoms with Crippen molar-refractivity contribution in [2.24, 2.45) is 11.3 Å². The number of benzene rings is 1. The molecule has 1 nitrogen and oxygen atoms in total. The summed E-state index contributed by atoms with van der Waals surface area (Å²) >= 11 is 6.18. The van der Waals surface area contributed by atoms with Crippen molar-refractivity contribution in [1.29, 1.82) is 0 Å². The van der Waals surface area contributed by atoms with E-state index in [4.69, 9.17) is 11.6 Å². The fourth-order valence-corrected chi connectivity index (χ4v) is 2.67. The lowest BCUT2D eigenvalue weighted by atomic mass is 9.96. The highest BCUT2D eigenvalue weighted by atomic mass is 35.5. The van der Waals surface area contributed by atoms with E-state index < -0.39 is 0 Å². The van der Waals surface area contributed by atoms with E-state index in [1.807, 2.05) is 14.0 Å². The van der Waals surface area contributed by atoms with E-state index in [2.05, 4.69) is 37.4 Å². The summed E-state index contributed by atoms with van der Waals surface area (Å²) in [7, 11) is 2.03. The van der Waals surface area contributed by atoms with Crippen molar-refractivity contribution < 1.29 is 0 Å². The summed E-state index contributed by atoms with van der Waals surface area (Å²) in [4.78, 5) is 0. The largest absolute Gasteiger partial charge is 0.313 e. The maximum Gasteiger partial charge on any atom is 0.0438 e. The summed E-state index contributed by atoms with van der Waals surface area (Å²) in [5, 5.41) is 4.30. The van der Waals surface area contributed by atoms with E-state index in [0.717, 1.165) is 16.5 Å². The van der Waals surface area contributed by atoms with Gasteiger partial charge in [0, 0.05) is 11.1 Å². The van der Waals surface area contributed by atoms with Crippen LogP contribution in [-0.2, 0) is 0 Å². The van der Waals surface area contributed by atoms with Crippen molar-refractivity contribution in [2.75, 3.05) is 7.05 Å². The van der Waals surface area contributed by atoms with Gasteiger partial charge in [0.05, 0.1) is 0 Å². The third-order valence-electron chi connectivity index (χ3n) is 3.86. The van der Waals surface area contributed by atoms with Gasteiger partial charge in [-0.05, 0) is 48.9 Å². The van der Waals surface area contributed by atoms with E-state index in [-0.39, 0.29) is 0 Å². The first-order chi connectivity index (χ1) is 7.45. The van der Waals surface area contributed by atoms with Gasteiger partial charge in [-0.15, -0.1) is 0 Å². The summed E-state index contributed by atoms with van der Waals surface area (Å²) in [5.74, 6) is 0.733. The van der Waals surface area contributed by atoms with Gasteiger partial charge in [-0.3, -0.25) is 0 Å². The Hall–Kier alpha value is -0.530. The number of hydrogen-bond acceptors (Lipinski definition) is 1. The lowest BCUT2D eigenvalue weighted by Gasteiger charge is -2.19. The summed E-state index contributed by atoms with van der Waals surface area (Å²) in [5.41, 5.74) is 2.94. The molecule has 0 heterocycles. The molecule has 0 aliphatic heterocycles. The highest BCUT2D eigenvalue weighted by Gasteiger charge is 2.50. The van der Waals surface area contributed by atoms with Gasteiger partial charge in [0.1, 0.15) is 0 Å². The van der Waals surface area contributed by atoms with Crippen LogP contribution in [0.25, 0.3) is 0 Å². The molecule has 1 aliphatic rings. The van der Waals surface area contributed by atoms with Gasteiger partial charge in [0.15, 0.2) is 0 Å². The van der Waals surface area contributed by atoms with Crippen LogP contribution < -0.4 is 5.32 Å². The Bertz CT molecular complexity index is 398. The molecule has 1 N–H and O–H groups in total. The van der Waals surface area contributed by atoms with Crippen LogP contribution in [-0.4, -0.2) is 7.05 Å². The van der Waals surface area contributed by atoms with E-state index in [0.29, 0.717) is 11.5 Å². The van der Waals surface area contributed by atoms with Crippen LogP contribution in [0.15, 0.2) is 18.2 Å². The molecule has 1 aromatic carbocycles. The van der Waals surface area contributed by atoms with Gasteiger partial charge >= 0.3 is 0 Å². The molecule has 2 rings (SSSR count). The Balaban J connectivity index is 2.24. The van der Waals surface area contributed by atoms with Gasteiger partial charge in [-0.25, -0.2) is 0 Å². The molecule has 0 spiro atoms. The van der Waals surface area contributed by atoms with Crippen LogP contribution in [0.2, 0.25) is 5.02 Å². The maximum atomic E-state index is 6.18. The van der Waals surface area contributed by atoms with Crippen molar-refractivity contribution in [3.63, 3.8) is 0 Å². The van der Waals surface area contributed by atoms with Gasteiger partial charge in [-0.1, -0.05) is 37.6 Å². The fraction of sp³-hybridized carbons (Fsp3) is 0.571. The van der Waals surface area contributed by atoms with Crippen LogP contribution in [0.1, 0.15) is 37.4 Å². The molecule has 1 saturated carbocycles. The molecule has 2 heteroatoms. The van der Waals surface area contributed by atoms with Crippen molar-refractivity contribution in [1.82, 2.24) is 5.32 Å². The Morgan fingerprint density at radius 1 is 1.44 bits per heavy atom. The van der Waals surface area contributed by atoms with Crippen LogP contribution in [0.3, 0.4) is 0 Å². The zero-order valence-electron chi connectivity index (χ0n) is 10.5. The number of rotatable bonds is 3. The predicted molar refractivity (Wildman–Crippen MR) is 69.9 cm³/mol. The van der Waals surface area contributed by atoms with Crippen LogP contribution in [0.4, 0.5) is 0 Å². The summed E-state index contributed by atoms with van der Waals surface area (Å²) in [6, 6.07) is 6.84. The summed E-state index contributed by atoms with van der Waals surface area (Å²) in [6.45, 7) is 6.71. The lowest BCUT2D eigenvalue weighted by Crippen LogP contribution is -2.20. The minimum Gasteiger partial charge on any atom is -0.313 e. The minimum absolute atomic E-state index is 0.438. The Kier molecular flexibility index (Phi) is 3.02. The average Bonchev–Trinajstić information content (AvgIpc) is 2.82. The smallest absolute Gasteiger partial charge is 0.0438 e. The number of nitrogens with one attached hydrogen (secondary N) is 1. The molecule has 0 radical (unpaired) electrons. The molecule has 2 unspecified atom stereocenters. The van der Waals surface area contributed by atoms with Crippen LogP contribution in [0.5, 0.6) is 0 Å². The number of hydrogen-bond donors (Lipinski definition) is 1. The first kappa shape index (κ1) is 11.9. The molecule has 0 amide bonds. The third kappa shape index (κ3) is 2.11. The monoisotopic (exact) mass is 237 g/mol. The highest BCUT2D eigenvalue weighted by Crippen LogP contribution is 2.57. The Morgan fingerprint density at radius 2 is 2.06 bits per heavy atom. The van der Waals surface area contributed by atoms with E-state index in [1.165, 1.54) is 12.0 Å². The third-order valence-corrected chi connectivity index (χ3v) is 4.27. The quantitative estimate of drug-likeness (QED) is 0.839. The molecule has 1 aromatic rings. The molecule has 88 valence electrons. The van der Waals surface area contributed by atoms with Gasteiger partial charge < -0.3 is 5.32 Å². The van der Waals surface area contributed by atoms with Crippen LogP contribution >= 0.6 is 11.6 Å². The molecule has 0 bridgehead atoms. The molecule has 0 saturated heterocycles. The maximum absolute atomic E-state index is 6.18. The van der Waals surface area contributed by atoms with E-state index in [9.17, 15) is 0 Å². The normalized spacial score (nSPS) is 24.2. The van der Waals surface area contributed by atoms with Crippen molar-refractivity contribution in [3.05, 3.63) is 34.3 Å². The molecule has 0 aromatic heterocycles. The first-order valence-corrected chi connectivity index (χ1v) is 6.27. The van der Waals surface area contributed by atoms with Crippen LogP contribution in [0, 0.1) is 18.3 Å². The standard InChI is InChI=1S/C14H20ClN/c1-9-5-6-10(7-12(9)15)13(16-4)11-8-14(11,2)3/h5-7,11,13,16H,8H2,1-4H3. The van der Waals surface area contributed by atoms with Crippen molar-refractivity contribution >= 4 is 11.6 Å². The highest BCUT2D eigenvalue weighted by molar-refractivity contribution is 6.31. The first-order valence-electron chi connectivity index (χ1n) is 5.89. The SMILES string of the molecule is CNC(c1ccc(C)c(Cl)c1)C1CC1(C)C. The Labute approximate surface area is 103 Å². The van der Waals surface area contributed by atoms with Crippen molar-refractivity contribution in [2.45, 2.75) is 33.2 Å². The zero-order valence-corrected chi connectivity index (χ0v) is 11.2. The molecule has 16 heavy (non-hydrogen) atoms. The molecular formula is C14H20ClN. The van der Waals surface area contributed by atoms with Gasteiger partial charge in [0.2, 0.25) is 0 Å². The topological polar surface area (TPSA) is 12.0 Å². The second-order valence-corrected chi connectivity index (χ2v) is 5.98. The second kappa shape index (κ2) is 4.05. The molecule has 1 aliphatic carbocycles. The molecule has 1 fully saturated rings. The number of halogens is 1. The van der Waals surface area contributed by atoms with Crippen molar-refractivity contribution in [3.8, 4) is 0 Å². The van der Waals surface area contributed by atoms with E-state index in [1.54, 1.807) is 0 Å². The fourth-order valence-electron chi connectivity index (χ4n) is 2.48. The summed E-state index contributed by atoms with van der Waals surface area (Å²) in [6.07, 6.45) is 1.30. The summed E-state index contributed by atoms with van der Waals surface area (Å²) < 4.78 is 0. The minimum atomic E-state index is 0.438. The van der Waals surface area contributed by atoms with E-state index >= 15 is 0 Å². The second-order valence-electron chi connectivity index (χ2n) is 5.57. The predicted octanol–water partition coefficient (Wildman–Crippen LogP) is 3.96. The number of aryl methyl sites for hydroxylation is 1. The molecular weight excluding hydrogens is 218 g/mol. The Morgan fingerprint density at radius 3 is 2.50 bits per heavy atom. The average molecular weight is 238 g/mol. The lowest BCUT2D eigenvalue weighted by molar-refractivity contribution is 0.441. The van der Waals surface area contributed by atoms with Gasteiger partial charge in [-0.2, -0.15) is 0 Å². The zero-order chi connectivity index (χ0) is 11.9. The molecule has 2 atom stereocenters. The van der Waals surface area contributed by atoms with Gasteiger partial charge in [0.25, 0.3) is 0 Å².